The smallest absolute Gasteiger partial charge is 0.101 e. The summed E-state index contributed by atoms with van der Waals surface area (Å²) in [5, 5.41) is 3.60. The van der Waals surface area contributed by atoms with Crippen molar-refractivity contribution in [3.8, 4) is 0 Å². The first-order valence-electron chi connectivity index (χ1n) is 6.86. The van der Waals surface area contributed by atoms with Gasteiger partial charge in [0, 0.05) is 9.75 Å². The lowest BCUT2D eigenvalue weighted by Gasteiger charge is -2.30. The molecule has 0 amide bonds. The summed E-state index contributed by atoms with van der Waals surface area (Å²) in [6.45, 7) is 7.53. The zero-order valence-corrected chi connectivity index (χ0v) is 12.1. The van der Waals surface area contributed by atoms with Gasteiger partial charge in [0.05, 0.1) is 25.9 Å². The molecule has 0 aliphatic carbocycles. The van der Waals surface area contributed by atoms with E-state index in [1.54, 1.807) is 0 Å². The van der Waals surface area contributed by atoms with E-state index in [9.17, 15) is 0 Å². The van der Waals surface area contributed by atoms with Crippen molar-refractivity contribution in [3.63, 3.8) is 0 Å². The Kier molecular flexibility index (Phi) is 5.63. The van der Waals surface area contributed by atoms with Gasteiger partial charge in [0.1, 0.15) is 6.10 Å². The highest BCUT2D eigenvalue weighted by molar-refractivity contribution is 7.12. The SMILES string of the molecule is CCCNC(c1ccc(CC)s1)C1COCCO1. The van der Waals surface area contributed by atoms with E-state index in [1.165, 1.54) is 9.75 Å². The van der Waals surface area contributed by atoms with Crippen molar-refractivity contribution in [1.29, 1.82) is 0 Å². The van der Waals surface area contributed by atoms with Crippen LogP contribution in [0.1, 0.15) is 36.1 Å². The molecule has 2 atom stereocenters. The molecule has 0 saturated carbocycles. The normalized spacial score (nSPS) is 22.0. The fraction of sp³-hybridized carbons (Fsp3) is 0.714. The van der Waals surface area contributed by atoms with Crippen LogP contribution in [0.3, 0.4) is 0 Å². The summed E-state index contributed by atoms with van der Waals surface area (Å²) in [5.74, 6) is 0. The molecular weight excluding hydrogens is 246 g/mol. The van der Waals surface area contributed by atoms with Crippen LogP contribution in [-0.4, -0.2) is 32.5 Å². The zero-order valence-electron chi connectivity index (χ0n) is 11.3. The molecule has 18 heavy (non-hydrogen) atoms. The Morgan fingerprint density at radius 1 is 1.39 bits per heavy atom. The minimum atomic E-state index is 0.147. The van der Waals surface area contributed by atoms with E-state index in [1.807, 2.05) is 11.3 Å². The average molecular weight is 269 g/mol. The van der Waals surface area contributed by atoms with E-state index >= 15 is 0 Å². The van der Waals surface area contributed by atoms with Crippen molar-refractivity contribution in [2.45, 2.75) is 38.8 Å². The summed E-state index contributed by atoms with van der Waals surface area (Å²) in [4.78, 5) is 2.81. The van der Waals surface area contributed by atoms with Gasteiger partial charge < -0.3 is 14.8 Å². The highest BCUT2D eigenvalue weighted by Gasteiger charge is 2.27. The standard InChI is InChI=1S/C14H23NO2S/c1-3-7-15-14(12-10-16-8-9-17-12)13-6-5-11(4-2)18-13/h5-6,12,14-15H,3-4,7-10H2,1-2H3. The van der Waals surface area contributed by atoms with Crippen LogP contribution >= 0.6 is 11.3 Å². The van der Waals surface area contributed by atoms with Crippen LogP contribution in [0.15, 0.2) is 12.1 Å². The van der Waals surface area contributed by atoms with E-state index < -0.39 is 0 Å². The Labute approximate surface area is 113 Å². The molecule has 0 spiro atoms. The van der Waals surface area contributed by atoms with Crippen LogP contribution in [0.4, 0.5) is 0 Å². The van der Waals surface area contributed by atoms with E-state index in [4.69, 9.17) is 9.47 Å². The molecule has 3 nitrogen and oxygen atoms in total. The Bertz CT molecular complexity index is 347. The monoisotopic (exact) mass is 269 g/mol. The summed E-state index contributed by atoms with van der Waals surface area (Å²) in [5.41, 5.74) is 0. The van der Waals surface area contributed by atoms with Crippen molar-refractivity contribution >= 4 is 11.3 Å². The molecule has 1 aromatic rings. The van der Waals surface area contributed by atoms with Crippen LogP contribution in [0.5, 0.6) is 0 Å². The van der Waals surface area contributed by atoms with Crippen LogP contribution in [0.2, 0.25) is 0 Å². The molecule has 1 aliphatic heterocycles. The topological polar surface area (TPSA) is 30.5 Å². The number of hydrogen-bond acceptors (Lipinski definition) is 4. The van der Waals surface area contributed by atoms with E-state index in [2.05, 4.69) is 31.3 Å². The van der Waals surface area contributed by atoms with Crippen molar-refractivity contribution in [2.75, 3.05) is 26.4 Å². The lowest BCUT2D eigenvalue weighted by molar-refractivity contribution is -0.102. The summed E-state index contributed by atoms with van der Waals surface area (Å²) >= 11 is 1.89. The predicted octanol–water partition coefficient (Wildman–Crippen LogP) is 2.77. The highest BCUT2D eigenvalue weighted by Crippen LogP contribution is 2.28. The molecule has 2 unspecified atom stereocenters. The van der Waals surface area contributed by atoms with Crippen molar-refractivity contribution in [2.24, 2.45) is 0 Å². The maximum Gasteiger partial charge on any atom is 0.101 e. The van der Waals surface area contributed by atoms with Crippen molar-refractivity contribution in [1.82, 2.24) is 5.32 Å². The molecular formula is C14H23NO2S. The molecule has 1 N–H and O–H groups in total. The first kappa shape index (κ1) is 14.0. The molecule has 1 aliphatic rings. The Morgan fingerprint density at radius 3 is 2.89 bits per heavy atom. The second-order valence-corrected chi connectivity index (χ2v) is 5.77. The minimum Gasteiger partial charge on any atom is -0.376 e. The number of aryl methyl sites for hydroxylation is 1. The molecule has 0 bridgehead atoms. The maximum atomic E-state index is 5.85. The third-order valence-corrected chi connectivity index (χ3v) is 4.48. The molecule has 1 fully saturated rings. The van der Waals surface area contributed by atoms with Crippen molar-refractivity contribution in [3.05, 3.63) is 21.9 Å². The Balaban J connectivity index is 2.07. The van der Waals surface area contributed by atoms with E-state index in [0.29, 0.717) is 13.2 Å². The van der Waals surface area contributed by atoms with Crippen molar-refractivity contribution < 1.29 is 9.47 Å². The number of rotatable bonds is 6. The van der Waals surface area contributed by atoms with Gasteiger partial charge in [-0.25, -0.2) is 0 Å². The lowest BCUT2D eigenvalue weighted by Crippen LogP contribution is -2.40. The van der Waals surface area contributed by atoms with Crippen LogP contribution in [-0.2, 0) is 15.9 Å². The number of hydrogen-bond donors (Lipinski definition) is 1. The quantitative estimate of drug-likeness (QED) is 0.861. The Morgan fingerprint density at radius 2 is 2.28 bits per heavy atom. The molecule has 1 aromatic heterocycles. The third-order valence-electron chi connectivity index (χ3n) is 3.17. The van der Waals surface area contributed by atoms with Crippen LogP contribution in [0, 0.1) is 0 Å². The molecule has 4 heteroatoms. The average Bonchev–Trinajstić information content (AvgIpc) is 2.89. The molecule has 102 valence electrons. The minimum absolute atomic E-state index is 0.147. The first-order chi connectivity index (χ1) is 8.85. The zero-order chi connectivity index (χ0) is 12.8. The van der Waals surface area contributed by atoms with Crippen LogP contribution in [0.25, 0.3) is 0 Å². The molecule has 2 heterocycles. The van der Waals surface area contributed by atoms with Gasteiger partial charge in [0.25, 0.3) is 0 Å². The molecule has 1 saturated heterocycles. The summed E-state index contributed by atoms with van der Waals surface area (Å²) in [6.07, 6.45) is 2.39. The summed E-state index contributed by atoms with van der Waals surface area (Å²) in [7, 11) is 0. The maximum absolute atomic E-state index is 5.85. The fourth-order valence-electron chi connectivity index (χ4n) is 2.17. The van der Waals surface area contributed by atoms with E-state index in [-0.39, 0.29) is 12.1 Å². The third kappa shape index (κ3) is 3.54. The summed E-state index contributed by atoms with van der Waals surface area (Å²) < 4.78 is 11.4. The molecule has 0 radical (unpaired) electrons. The van der Waals surface area contributed by atoms with Gasteiger partial charge in [0.15, 0.2) is 0 Å². The Hall–Kier alpha value is -0.420. The number of thiophene rings is 1. The van der Waals surface area contributed by atoms with Gasteiger partial charge in [-0.05, 0) is 31.5 Å². The molecule has 2 rings (SSSR count). The van der Waals surface area contributed by atoms with Gasteiger partial charge in [-0.2, -0.15) is 0 Å². The predicted molar refractivity (Wildman–Crippen MR) is 75.3 cm³/mol. The van der Waals surface area contributed by atoms with Gasteiger partial charge in [-0.15, -0.1) is 11.3 Å². The highest BCUT2D eigenvalue weighted by atomic mass is 32.1. The lowest BCUT2D eigenvalue weighted by atomic mass is 10.1. The first-order valence-corrected chi connectivity index (χ1v) is 7.68. The van der Waals surface area contributed by atoms with Gasteiger partial charge in [0.2, 0.25) is 0 Å². The van der Waals surface area contributed by atoms with Crippen LogP contribution < -0.4 is 5.32 Å². The second kappa shape index (κ2) is 7.24. The van der Waals surface area contributed by atoms with Gasteiger partial charge in [-0.3, -0.25) is 0 Å². The number of nitrogens with one attached hydrogen (secondary N) is 1. The number of ether oxygens (including phenoxy) is 2. The van der Waals surface area contributed by atoms with E-state index in [0.717, 1.165) is 26.0 Å². The fourth-order valence-corrected chi connectivity index (χ4v) is 3.25. The second-order valence-electron chi connectivity index (χ2n) is 4.57. The van der Waals surface area contributed by atoms with Gasteiger partial charge in [-0.1, -0.05) is 13.8 Å². The molecule has 0 aromatic carbocycles. The largest absolute Gasteiger partial charge is 0.376 e. The summed E-state index contributed by atoms with van der Waals surface area (Å²) in [6, 6.07) is 4.73. The van der Waals surface area contributed by atoms with Gasteiger partial charge >= 0.3 is 0 Å².